The Bertz CT molecular complexity index is 556. The molecule has 0 saturated heterocycles. The minimum Gasteiger partial charge on any atom is -0.330 e. The van der Waals surface area contributed by atoms with Crippen molar-refractivity contribution in [3.8, 4) is 0 Å². The number of benzene rings is 1. The molecule has 1 aliphatic rings. The first-order valence-corrected chi connectivity index (χ1v) is 7.83. The van der Waals surface area contributed by atoms with Gasteiger partial charge in [-0.1, -0.05) is 24.3 Å². The average Bonchev–Trinajstić information content (AvgIpc) is 3.10. The first-order chi connectivity index (χ1) is 8.40. The van der Waals surface area contributed by atoms with Crippen LogP contribution in [0.4, 0.5) is 0 Å². The molecule has 1 fully saturated rings. The number of rotatable bonds is 5. The lowest BCUT2D eigenvalue weighted by atomic mass is 10.0. The fraction of sp³-hybridized carbons (Fsp3) is 0.462. The van der Waals surface area contributed by atoms with Gasteiger partial charge in [-0.05, 0) is 24.9 Å². The molecule has 0 unspecified atom stereocenters. The van der Waals surface area contributed by atoms with Crippen molar-refractivity contribution in [1.29, 1.82) is 0 Å². The second-order valence-electron chi connectivity index (χ2n) is 4.81. The highest BCUT2D eigenvalue weighted by molar-refractivity contribution is 7.92. The van der Waals surface area contributed by atoms with Crippen molar-refractivity contribution in [2.24, 2.45) is 5.73 Å². The predicted molar refractivity (Wildman–Crippen MR) is 70.2 cm³/mol. The van der Waals surface area contributed by atoms with E-state index in [2.05, 4.69) is 0 Å². The molecule has 1 aromatic carbocycles. The molecule has 0 radical (unpaired) electrons. The van der Waals surface area contributed by atoms with Gasteiger partial charge in [0.1, 0.15) is 0 Å². The van der Waals surface area contributed by atoms with Crippen LogP contribution in [-0.2, 0) is 14.6 Å². The Morgan fingerprint density at radius 3 is 2.22 bits per heavy atom. The number of sulfone groups is 1. The maximum Gasteiger partial charge on any atom is 0.164 e. The number of nitrogens with two attached hydrogens (primary N) is 1. The highest BCUT2D eigenvalue weighted by Crippen LogP contribution is 2.52. The number of carbonyl (C=O) groups excluding carboxylic acids is 1. The van der Waals surface area contributed by atoms with Crippen LogP contribution in [0.3, 0.4) is 0 Å². The van der Waals surface area contributed by atoms with Crippen molar-refractivity contribution in [3.05, 3.63) is 35.4 Å². The average molecular weight is 267 g/mol. The number of carbonyl (C=O) groups is 1. The van der Waals surface area contributed by atoms with Gasteiger partial charge in [0.2, 0.25) is 0 Å². The van der Waals surface area contributed by atoms with Crippen molar-refractivity contribution < 1.29 is 13.2 Å². The van der Waals surface area contributed by atoms with E-state index in [4.69, 9.17) is 5.73 Å². The van der Waals surface area contributed by atoms with Crippen LogP contribution in [-0.4, -0.2) is 27.0 Å². The normalized spacial score (nSPS) is 17.4. The predicted octanol–water partition coefficient (Wildman–Crippen LogP) is 1.25. The van der Waals surface area contributed by atoms with Crippen molar-refractivity contribution in [3.63, 3.8) is 0 Å². The summed E-state index contributed by atoms with van der Waals surface area (Å²) in [6.45, 7) is 0.327. The van der Waals surface area contributed by atoms with Crippen LogP contribution in [0.25, 0.3) is 0 Å². The van der Waals surface area contributed by atoms with Crippen molar-refractivity contribution in [2.45, 2.75) is 24.0 Å². The Labute approximate surface area is 107 Å². The van der Waals surface area contributed by atoms with Gasteiger partial charge < -0.3 is 5.73 Å². The molecule has 0 aliphatic heterocycles. The fourth-order valence-electron chi connectivity index (χ4n) is 2.22. The summed E-state index contributed by atoms with van der Waals surface area (Å²) < 4.78 is 22.8. The number of hydrogen-bond donors (Lipinski definition) is 1. The van der Waals surface area contributed by atoms with Gasteiger partial charge in [0.15, 0.2) is 15.6 Å². The molecule has 5 heteroatoms. The summed E-state index contributed by atoms with van der Waals surface area (Å²) in [6.07, 6.45) is 2.92. The SMILES string of the molecule is CS(=O)(=O)C1(c2ccc(C(=O)CCN)cc2)CC1. The Morgan fingerprint density at radius 1 is 1.28 bits per heavy atom. The summed E-state index contributed by atoms with van der Waals surface area (Å²) in [7, 11) is -3.09. The van der Waals surface area contributed by atoms with E-state index >= 15 is 0 Å². The van der Waals surface area contributed by atoms with E-state index in [1.54, 1.807) is 24.3 Å². The van der Waals surface area contributed by atoms with E-state index in [1.165, 1.54) is 6.26 Å². The molecule has 0 amide bonds. The molecule has 0 atom stereocenters. The van der Waals surface area contributed by atoms with Crippen LogP contribution >= 0.6 is 0 Å². The quantitative estimate of drug-likeness (QED) is 0.815. The van der Waals surface area contributed by atoms with E-state index < -0.39 is 14.6 Å². The second kappa shape index (κ2) is 4.48. The summed E-state index contributed by atoms with van der Waals surface area (Å²) in [5, 5.41) is 0. The van der Waals surface area contributed by atoms with Crippen LogP contribution < -0.4 is 5.73 Å². The molecule has 4 nitrogen and oxygen atoms in total. The summed E-state index contributed by atoms with van der Waals surface area (Å²) >= 11 is 0. The van der Waals surface area contributed by atoms with Gasteiger partial charge in [-0.15, -0.1) is 0 Å². The molecular weight excluding hydrogens is 250 g/mol. The van der Waals surface area contributed by atoms with Gasteiger partial charge in [-0.25, -0.2) is 8.42 Å². The van der Waals surface area contributed by atoms with Gasteiger partial charge in [0.05, 0.1) is 4.75 Å². The number of ketones is 1. The van der Waals surface area contributed by atoms with E-state index in [0.717, 1.165) is 5.56 Å². The zero-order valence-corrected chi connectivity index (χ0v) is 11.2. The molecule has 0 bridgehead atoms. The van der Waals surface area contributed by atoms with E-state index in [-0.39, 0.29) is 5.78 Å². The zero-order valence-electron chi connectivity index (χ0n) is 10.3. The van der Waals surface area contributed by atoms with Crippen LogP contribution in [0.15, 0.2) is 24.3 Å². The summed E-state index contributed by atoms with van der Waals surface area (Å²) in [6, 6.07) is 6.88. The van der Waals surface area contributed by atoms with E-state index in [0.29, 0.717) is 31.4 Å². The molecule has 2 rings (SSSR count). The van der Waals surface area contributed by atoms with Crippen LogP contribution in [0.1, 0.15) is 35.2 Å². The summed E-state index contributed by atoms with van der Waals surface area (Å²) in [5.41, 5.74) is 6.71. The number of hydrogen-bond acceptors (Lipinski definition) is 4. The Kier molecular flexibility index (Phi) is 3.29. The van der Waals surface area contributed by atoms with Crippen LogP contribution in [0.2, 0.25) is 0 Å². The van der Waals surface area contributed by atoms with Gasteiger partial charge in [0, 0.05) is 18.2 Å². The molecule has 1 aliphatic carbocycles. The van der Waals surface area contributed by atoms with Gasteiger partial charge in [-0.2, -0.15) is 0 Å². The zero-order chi connectivity index (χ0) is 13.4. The highest BCUT2D eigenvalue weighted by Gasteiger charge is 2.53. The maximum atomic E-state index is 11.8. The molecular formula is C13H17NO3S. The van der Waals surface area contributed by atoms with Crippen LogP contribution in [0.5, 0.6) is 0 Å². The van der Waals surface area contributed by atoms with Gasteiger partial charge in [-0.3, -0.25) is 4.79 Å². The second-order valence-corrected chi connectivity index (χ2v) is 7.13. The summed E-state index contributed by atoms with van der Waals surface area (Å²) in [4.78, 5) is 11.6. The minimum absolute atomic E-state index is 0.00625. The lowest BCUT2D eigenvalue weighted by molar-refractivity contribution is 0.0985. The van der Waals surface area contributed by atoms with E-state index in [9.17, 15) is 13.2 Å². The molecule has 0 aromatic heterocycles. The monoisotopic (exact) mass is 267 g/mol. The largest absolute Gasteiger partial charge is 0.330 e. The van der Waals surface area contributed by atoms with Crippen molar-refractivity contribution in [1.82, 2.24) is 0 Å². The van der Waals surface area contributed by atoms with Gasteiger partial charge in [0.25, 0.3) is 0 Å². The lowest BCUT2D eigenvalue weighted by Gasteiger charge is -2.13. The molecule has 1 saturated carbocycles. The standard InChI is InChI=1S/C13H17NO3S/c1-18(16,17)13(7-8-13)11-4-2-10(3-5-11)12(15)6-9-14/h2-5H,6-9,14H2,1H3. The van der Waals surface area contributed by atoms with Crippen molar-refractivity contribution >= 4 is 15.6 Å². The fourth-order valence-corrected chi connectivity index (χ4v) is 3.63. The van der Waals surface area contributed by atoms with E-state index in [1.807, 2.05) is 0 Å². The Morgan fingerprint density at radius 2 is 1.83 bits per heavy atom. The summed E-state index contributed by atoms with van der Waals surface area (Å²) in [5.74, 6) is -0.00625. The lowest BCUT2D eigenvalue weighted by Crippen LogP contribution is -2.19. The molecule has 18 heavy (non-hydrogen) atoms. The molecule has 98 valence electrons. The maximum absolute atomic E-state index is 11.8. The Hall–Kier alpha value is -1.20. The third-order valence-corrected chi connectivity index (χ3v) is 5.58. The van der Waals surface area contributed by atoms with Gasteiger partial charge >= 0.3 is 0 Å². The highest BCUT2D eigenvalue weighted by atomic mass is 32.2. The molecule has 2 N–H and O–H groups in total. The third-order valence-electron chi connectivity index (χ3n) is 3.52. The molecule has 0 heterocycles. The minimum atomic E-state index is -3.09. The first kappa shape index (κ1) is 13.2. The topological polar surface area (TPSA) is 77.2 Å². The third kappa shape index (κ3) is 2.20. The van der Waals surface area contributed by atoms with Crippen molar-refractivity contribution in [2.75, 3.05) is 12.8 Å². The number of Topliss-reactive ketones (excluding diaryl/α,β-unsaturated/α-hetero) is 1. The molecule has 1 aromatic rings. The Balaban J connectivity index is 2.27. The first-order valence-electron chi connectivity index (χ1n) is 5.94. The molecule has 0 spiro atoms. The van der Waals surface area contributed by atoms with Crippen LogP contribution in [0, 0.1) is 0 Å². The smallest absolute Gasteiger partial charge is 0.164 e.